The highest BCUT2D eigenvalue weighted by Crippen LogP contribution is 2.54. The van der Waals surface area contributed by atoms with Gasteiger partial charge in [-0.1, -0.05) is 36.4 Å². The third-order valence-electron chi connectivity index (χ3n) is 5.73. The van der Waals surface area contributed by atoms with Gasteiger partial charge in [-0.05, 0) is 36.4 Å². The van der Waals surface area contributed by atoms with Gasteiger partial charge in [0.1, 0.15) is 11.6 Å². The lowest BCUT2D eigenvalue weighted by molar-refractivity contribution is -0.123. The molecule has 1 N–H and O–H groups in total. The zero-order valence-corrected chi connectivity index (χ0v) is 17.7. The van der Waals surface area contributed by atoms with Crippen LogP contribution in [0.5, 0.6) is 0 Å². The number of fused-ring (bicyclic) bond motifs is 2. The quantitative estimate of drug-likeness (QED) is 0.613. The van der Waals surface area contributed by atoms with Gasteiger partial charge in [0, 0.05) is 29.1 Å². The number of para-hydroxylation sites is 1. The van der Waals surface area contributed by atoms with E-state index in [9.17, 15) is 18.4 Å². The standard InChI is InChI=1S/C24H19F2N3O2S/c25-17-9-11-18(12-10-17)27-23(31)29-13-14-32-24(29)19-6-2-4-8-21(19)28(22(24)30)15-16-5-1-3-7-20(16)26/h1-12H,13-15H2,(H,27,31). The number of carbonyl (C=O) groups is 2. The Hall–Kier alpha value is -3.39. The molecule has 1 unspecified atom stereocenters. The number of benzene rings is 3. The van der Waals surface area contributed by atoms with Crippen molar-refractivity contribution in [3.05, 3.63) is 95.6 Å². The van der Waals surface area contributed by atoms with Crippen LogP contribution >= 0.6 is 11.8 Å². The van der Waals surface area contributed by atoms with Gasteiger partial charge in [0.25, 0.3) is 5.91 Å². The summed E-state index contributed by atoms with van der Waals surface area (Å²) in [5.74, 6) is -0.493. The minimum atomic E-state index is -1.23. The van der Waals surface area contributed by atoms with Crippen molar-refractivity contribution >= 4 is 35.1 Å². The van der Waals surface area contributed by atoms with Crippen molar-refractivity contribution in [2.75, 3.05) is 22.5 Å². The molecule has 0 saturated carbocycles. The lowest BCUT2D eigenvalue weighted by atomic mass is 10.1. The number of hydrogen-bond donors (Lipinski definition) is 1. The molecule has 3 aromatic rings. The molecule has 162 valence electrons. The van der Waals surface area contributed by atoms with Crippen LogP contribution in [0.2, 0.25) is 0 Å². The van der Waals surface area contributed by atoms with Crippen LogP contribution in [-0.4, -0.2) is 29.1 Å². The van der Waals surface area contributed by atoms with E-state index in [2.05, 4.69) is 5.32 Å². The maximum absolute atomic E-state index is 14.3. The van der Waals surface area contributed by atoms with E-state index < -0.39 is 16.7 Å². The Kier molecular flexibility index (Phi) is 5.09. The largest absolute Gasteiger partial charge is 0.323 e. The van der Waals surface area contributed by atoms with Crippen molar-refractivity contribution in [3.63, 3.8) is 0 Å². The number of urea groups is 1. The van der Waals surface area contributed by atoms with Crippen LogP contribution in [0.1, 0.15) is 11.1 Å². The van der Waals surface area contributed by atoms with E-state index in [-0.39, 0.29) is 18.3 Å². The summed E-state index contributed by atoms with van der Waals surface area (Å²) in [5, 5.41) is 2.76. The summed E-state index contributed by atoms with van der Waals surface area (Å²) >= 11 is 1.39. The average Bonchev–Trinajstić information content (AvgIpc) is 3.34. The van der Waals surface area contributed by atoms with Crippen molar-refractivity contribution < 1.29 is 18.4 Å². The van der Waals surface area contributed by atoms with E-state index >= 15 is 0 Å². The van der Waals surface area contributed by atoms with Gasteiger partial charge < -0.3 is 10.2 Å². The molecule has 8 heteroatoms. The van der Waals surface area contributed by atoms with Gasteiger partial charge in [0.2, 0.25) is 0 Å². The van der Waals surface area contributed by atoms with Crippen LogP contribution in [0.3, 0.4) is 0 Å². The molecular formula is C24H19F2N3O2S. The maximum Gasteiger partial charge on any atom is 0.323 e. The summed E-state index contributed by atoms with van der Waals surface area (Å²) in [6, 6.07) is 18.7. The van der Waals surface area contributed by atoms with E-state index in [1.807, 2.05) is 24.3 Å². The number of amides is 3. The molecule has 1 spiro atoms. The van der Waals surface area contributed by atoms with Crippen LogP contribution in [-0.2, 0) is 16.2 Å². The van der Waals surface area contributed by atoms with E-state index in [0.29, 0.717) is 34.8 Å². The monoisotopic (exact) mass is 451 g/mol. The molecule has 3 aromatic carbocycles. The number of rotatable bonds is 3. The first-order chi connectivity index (χ1) is 15.5. The predicted molar refractivity (Wildman–Crippen MR) is 120 cm³/mol. The third-order valence-corrected chi connectivity index (χ3v) is 7.15. The zero-order valence-electron chi connectivity index (χ0n) is 16.9. The van der Waals surface area contributed by atoms with E-state index in [0.717, 1.165) is 0 Å². The molecule has 0 bridgehead atoms. The maximum atomic E-state index is 14.3. The first-order valence-electron chi connectivity index (χ1n) is 10.1. The molecule has 5 rings (SSSR count). The lowest BCUT2D eigenvalue weighted by Gasteiger charge is -2.33. The molecule has 0 radical (unpaired) electrons. The Morgan fingerprint density at radius 3 is 2.50 bits per heavy atom. The number of thioether (sulfide) groups is 1. The SMILES string of the molecule is O=C(Nc1ccc(F)cc1)N1CCSC12C(=O)N(Cc1ccccc1F)c1ccccc12. The molecule has 32 heavy (non-hydrogen) atoms. The fraction of sp³-hybridized carbons (Fsp3) is 0.167. The summed E-state index contributed by atoms with van der Waals surface area (Å²) in [5.41, 5.74) is 2.20. The summed E-state index contributed by atoms with van der Waals surface area (Å²) in [6.45, 7) is 0.434. The number of nitrogens with one attached hydrogen (secondary N) is 1. The van der Waals surface area contributed by atoms with Crippen LogP contribution in [0.25, 0.3) is 0 Å². The third kappa shape index (κ3) is 3.22. The van der Waals surface area contributed by atoms with E-state index in [4.69, 9.17) is 0 Å². The van der Waals surface area contributed by atoms with E-state index in [1.54, 1.807) is 23.1 Å². The molecule has 3 amide bonds. The van der Waals surface area contributed by atoms with Crippen molar-refractivity contribution in [2.45, 2.75) is 11.4 Å². The van der Waals surface area contributed by atoms with Gasteiger partial charge in [-0.25, -0.2) is 13.6 Å². The highest BCUT2D eigenvalue weighted by atomic mass is 32.2. The molecule has 5 nitrogen and oxygen atoms in total. The molecule has 1 fully saturated rings. The molecule has 2 aliphatic heterocycles. The van der Waals surface area contributed by atoms with E-state index in [1.165, 1.54) is 47.0 Å². The van der Waals surface area contributed by atoms with Crippen molar-refractivity contribution in [1.29, 1.82) is 0 Å². The zero-order chi connectivity index (χ0) is 22.3. The lowest BCUT2D eigenvalue weighted by Crippen LogP contribution is -2.51. The Morgan fingerprint density at radius 2 is 1.72 bits per heavy atom. The highest BCUT2D eigenvalue weighted by Gasteiger charge is 2.59. The molecule has 1 atom stereocenters. The molecule has 1 saturated heterocycles. The Morgan fingerprint density at radius 1 is 1.00 bits per heavy atom. The van der Waals surface area contributed by atoms with Crippen molar-refractivity contribution in [3.8, 4) is 0 Å². The molecule has 2 aliphatic rings. The van der Waals surface area contributed by atoms with Crippen LogP contribution in [0.15, 0.2) is 72.8 Å². The van der Waals surface area contributed by atoms with Gasteiger partial charge in [0.05, 0.1) is 12.2 Å². The number of hydrogen-bond acceptors (Lipinski definition) is 3. The van der Waals surface area contributed by atoms with Gasteiger partial charge in [-0.3, -0.25) is 9.69 Å². The molecule has 0 aromatic heterocycles. The Balaban J connectivity index is 1.51. The first-order valence-corrected chi connectivity index (χ1v) is 11.1. The minimum absolute atomic E-state index is 0.0677. The fourth-order valence-electron chi connectivity index (χ4n) is 4.25. The van der Waals surface area contributed by atoms with Crippen molar-refractivity contribution in [1.82, 2.24) is 4.90 Å². The highest BCUT2D eigenvalue weighted by molar-refractivity contribution is 8.01. The Bertz CT molecular complexity index is 1200. The van der Waals surface area contributed by atoms with Crippen LogP contribution in [0, 0.1) is 11.6 Å². The van der Waals surface area contributed by atoms with Gasteiger partial charge >= 0.3 is 6.03 Å². The average molecular weight is 451 g/mol. The van der Waals surface area contributed by atoms with Gasteiger partial charge in [-0.2, -0.15) is 0 Å². The summed E-state index contributed by atoms with van der Waals surface area (Å²) < 4.78 is 27.6. The summed E-state index contributed by atoms with van der Waals surface area (Å²) in [4.78, 5) is 28.9. The fourth-order valence-corrected chi connectivity index (χ4v) is 5.71. The van der Waals surface area contributed by atoms with Crippen LogP contribution in [0.4, 0.5) is 25.0 Å². The number of anilines is 2. The Labute approximate surface area is 188 Å². The minimum Gasteiger partial charge on any atom is -0.308 e. The second kappa shape index (κ2) is 7.94. The van der Waals surface area contributed by atoms with Crippen LogP contribution < -0.4 is 10.2 Å². The summed E-state index contributed by atoms with van der Waals surface area (Å²) in [7, 11) is 0. The smallest absolute Gasteiger partial charge is 0.308 e. The van der Waals surface area contributed by atoms with Crippen molar-refractivity contribution in [2.24, 2.45) is 0 Å². The molecule has 2 heterocycles. The van der Waals surface area contributed by atoms with Gasteiger partial charge in [0.15, 0.2) is 4.87 Å². The first kappa shape index (κ1) is 20.5. The number of carbonyl (C=O) groups excluding carboxylic acids is 2. The normalized spacial score (nSPS) is 19.5. The second-order valence-electron chi connectivity index (χ2n) is 7.58. The molecule has 0 aliphatic carbocycles. The second-order valence-corrected chi connectivity index (χ2v) is 8.87. The molecular weight excluding hydrogens is 432 g/mol. The topological polar surface area (TPSA) is 52.7 Å². The predicted octanol–water partition coefficient (Wildman–Crippen LogP) is 4.95. The number of halogens is 2. The number of nitrogens with zero attached hydrogens (tertiary/aromatic N) is 2. The summed E-state index contributed by atoms with van der Waals surface area (Å²) in [6.07, 6.45) is 0. The van der Waals surface area contributed by atoms with Gasteiger partial charge in [-0.15, -0.1) is 11.8 Å².